The number of rotatable bonds is 8. The van der Waals surface area contributed by atoms with Crippen LogP contribution in [-0.2, 0) is 19.7 Å². The van der Waals surface area contributed by atoms with Crippen molar-refractivity contribution in [2.24, 2.45) is 10.2 Å². The molecule has 0 atom stereocenters. The molecule has 0 bridgehead atoms. The minimum atomic E-state index is -3.67. The molecule has 27 heavy (non-hydrogen) atoms. The first-order valence-electron chi connectivity index (χ1n) is 7.54. The van der Waals surface area contributed by atoms with Gasteiger partial charge in [-0.2, -0.15) is 0 Å². The van der Waals surface area contributed by atoms with Crippen LogP contribution in [0.5, 0.6) is 0 Å². The number of nitrogens with zero attached hydrogens (tertiary/aromatic N) is 6. The monoisotopic (exact) mass is 406 g/mol. The summed E-state index contributed by atoms with van der Waals surface area (Å²) in [6, 6.07) is 10.7. The quantitative estimate of drug-likeness (QED) is 0.364. The molecule has 0 heterocycles. The molecule has 0 N–H and O–H groups in total. The number of hydrogen-bond donors (Lipinski definition) is 0. The van der Waals surface area contributed by atoms with Crippen molar-refractivity contribution in [3.05, 3.63) is 69.4 Å². The van der Waals surface area contributed by atoms with Gasteiger partial charge in [-0.3, -0.25) is 0 Å². The Hall–Kier alpha value is -3.04. The average molecular weight is 406 g/mol. The molecule has 0 saturated heterocycles. The van der Waals surface area contributed by atoms with Crippen LogP contribution in [0.1, 0.15) is 6.42 Å². The van der Waals surface area contributed by atoms with E-state index in [0.717, 1.165) is 0 Å². The number of hydrogen-bond acceptors (Lipinski definition) is 6. The molecule has 0 aromatic heterocycles. The molecule has 0 saturated carbocycles. The van der Waals surface area contributed by atoms with Crippen LogP contribution in [0.2, 0.25) is 0 Å². The van der Waals surface area contributed by atoms with Crippen LogP contribution in [0.25, 0.3) is 20.9 Å². The van der Waals surface area contributed by atoms with E-state index in [4.69, 9.17) is 11.1 Å². The van der Waals surface area contributed by atoms with E-state index in [1.54, 1.807) is 0 Å². The molecule has 0 fully saturated rings. The summed E-state index contributed by atoms with van der Waals surface area (Å²) in [5.41, 5.74) is 17.2. The fourth-order valence-electron chi connectivity index (χ4n) is 2.22. The maximum atomic E-state index is 12.3. The summed E-state index contributed by atoms with van der Waals surface area (Å²) in [5.74, 6) is -0.687. The van der Waals surface area contributed by atoms with Crippen molar-refractivity contribution in [3.8, 4) is 0 Å². The molecule has 10 nitrogen and oxygen atoms in total. The average Bonchev–Trinajstić information content (AvgIpc) is 2.63. The van der Waals surface area contributed by atoms with Crippen LogP contribution in [0.4, 0.5) is 11.4 Å². The summed E-state index contributed by atoms with van der Waals surface area (Å²) in [4.78, 5) is 5.26. The van der Waals surface area contributed by atoms with E-state index in [2.05, 4.69) is 20.1 Å². The SMILES string of the molecule is [N-]=[N+]=Nc1ccc(S(=O)(=O)CCCS(=O)(=O)c2ccc(N=[N+]=[N-])cc2)cc1. The van der Waals surface area contributed by atoms with E-state index in [9.17, 15) is 16.8 Å². The highest BCUT2D eigenvalue weighted by atomic mass is 32.2. The number of sulfone groups is 2. The maximum absolute atomic E-state index is 12.3. The van der Waals surface area contributed by atoms with Gasteiger partial charge in [-0.25, -0.2) is 16.8 Å². The summed E-state index contributed by atoms with van der Waals surface area (Å²) in [6.07, 6.45) is -0.0825. The van der Waals surface area contributed by atoms with Crippen LogP contribution in [0.3, 0.4) is 0 Å². The summed E-state index contributed by atoms with van der Waals surface area (Å²) >= 11 is 0. The Morgan fingerprint density at radius 1 is 0.667 bits per heavy atom. The lowest BCUT2D eigenvalue weighted by Crippen LogP contribution is -2.13. The van der Waals surface area contributed by atoms with Crippen molar-refractivity contribution >= 4 is 31.0 Å². The first-order chi connectivity index (χ1) is 12.8. The zero-order valence-electron chi connectivity index (χ0n) is 13.9. The van der Waals surface area contributed by atoms with E-state index in [1.807, 2.05) is 0 Å². The Morgan fingerprint density at radius 2 is 1.00 bits per heavy atom. The van der Waals surface area contributed by atoms with Gasteiger partial charge in [-0.1, -0.05) is 34.5 Å². The smallest absolute Gasteiger partial charge is 0.178 e. The van der Waals surface area contributed by atoms with Crippen LogP contribution in [0, 0.1) is 0 Å². The number of azide groups is 2. The molecule has 12 heteroatoms. The normalized spacial score (nSPS) is 11.3. The third-order valence-corrected chi connectivity index (χ3v) is 7.17. The number of benzene rings is 2. The van der Waals surface area contributed by atoms with Gasteiger partial charge in [0.25, 0.3) is 0 Å². The lowest BCUT2D eigenvalue weighted by Gasteiger charge is -2.07. The van der Waals surface area contributed by atoms with E-state index < -0.39 is 19.7 Å². The van der Waals surface area contributed by atoms with Crippen LogP contribution in [-0.4, -0.2) is 28.3 Å². The van der Waals surface area contributed by atoms with Gasteiger partial charge in [0.15, 0.2) is 19.7 Å². The van der Waals surface area contributed by atoms with Crippen LogP contribution < -0.4 is 0 Å². The Balaban J connectivity index is 2.04. The van der Waals surface area contributed by atoms with Gasteiger partial charge in [-0.15, -0.1) is 0 Å². The molecule has 2 aromatic carbocycles. The van der Waals surface area contributed by atoms with Gasteiger partial charge in [-0.05, 0) is 41.7 Å². The summed E-state index contributed by atoms with van der Waals surface area (Å²) < 4.78 is 49.2. The largest absolute Gasteiger partial charge is 0.224 e. The molecule has 0 spiro atoms. The predicted octanol–water partition coefficient (Wildman–Crippen LogP) is 4.21. The highest BCUT2D eigenvalue weighted by Gasteiger charge is 2.19. The molecule has 0 aliphatic carbocycles. The minimum absolute atomic E-state index is 0.0236. The molecule has 0 aliphatic heterocycles. The van der Waals surface area contributed by atoms with Crippen LogP contribution >= 0.6 is 0 Å². The van der Waals surface area contributed by atoms with Crippen molar-refractivity contribution in [2.45, 2.75) is 16.2 Å². The van der Waals surface area contributed by atoms with Crippen molar-refractivity contribution in [1.82, 2.24) is 0 Å². The van der Waals surface area contributed by atoms with Gasteiger partial charge in [0, 0.05) is 21.2 Å². The molecule has 140 valence electrons. The Morgan fingerprint density at radius 3 is 1.30 bits per heavy atom. The molecule has 0 unspecified atom stereocenters. The first-order valence-corrected chi connectivity index (χ1v) is 10.8. The molecule has 0 amide bonds. The van der Waals surface area contributed by atoms with Gasteiger partial charge in [0.1, 0.15) is 0 Å². The summed E-state index contributed by atoms with van der Waals surface area (Å²) in [7, 11) is -7.33. The second kappa shape index (κ2) is 8.56. The van der Waals surface area contributed by atoms with Gasteiger partial charge >= 0.3 is 0 Å². The molecule has 0 aliphatic rings. The highest BCUT2D eigenvalue weighted by molar-refractivity contribution is 7.92. The lowest BCUT2D eigenvalue weighted by atomic mass is 10.3. The van der Waals surface area contributed by atoms with E-state index in [0.29, 0.717) is 0 Å². The Kier molecular flexibility index (Phi) is 6.43. The van der Waals surface area contributed by atoms with Crippen molar-refractivity contribution in [1.29, 1.82) is 0 Å². The molecular weight excluding hydrogens is 392 g/mol. The van der Waals surface area contributed by atoms with E-state index in [1.165, 1.54) is 48.5 Å². The zero-order chi connectivity index (χ0) is 19.9. The summed E-state index contributed by atoms with van der Waals surface area (Å²) in [5, 5.41) is 6.71. The lowest BCUT2D eigenvalue weighted by molar-refractivity contribution is 0.590. The second-order valence-corrected chi connectivity index (χ2v) is 9.58. The van der Waals surface area contributed by atoms with Gasteiger partial charge in [0.05, 0.1) is 21.3 Å². The fraction of sp³-hybridized carbons (Fsp3) is 0.200. The molecule has 0 radical (unpaired) electrons. The Bertz CT molecular complexity index is 1020. The van der Waals surface area contributed by atoms with Crippen molar-refractivity contribution < 1.29 is 16.8 Å². The fourth-order valence-corrected chi connectivity index (χ4v) is 5.02. The molecule has 2 rings (SSSR count). The standard InChI is InChI=1S/C15H14N6O4S2/c16-20-18-12-2-6-14(7-3-12)26(22,23)10-1-11-27(24,25)15-8-4-13(5-9-15)19-21-17/h2-9H,1,10-11H2. The third-order valence-electron chi connectivity index (χ3n) is 3.54. The Labute approximate surface area is 155 Å². The maximum Gasteiger partial charge on any atom is 0.178 e. The topological polar surface area (TPSA) is 166 Å². The molecule has 2 aromatic rings. The third kappa shape index (κ3) is 5.47. The molecular formula is C15H14N6O4S2. The first kappa shape index (κ1) is 20.3. The van der Waals surface area contributed by atoms with Gasteiger partial charge in [0.2, 0.25) is 0 Å². The van der Waals surface area contributed by atoms with Crippen molar-refractivity contribution in [2.75, 3.05) is 11.5 Å². The summed E-state index contributed by atoms with van der Waals surface area (Å²) in [6.45, 7) is 0. The van der Waals surface area contributed by atoms with Crippen LogP contribution in [0.15, 0.2) is 68.6 Å². The minimum Gasteiger partial charge on any atom is -0.224 e. The van der Waals surface area contributed by atoms with Crippen molar-refractivity contribution in [3.63, 3.8) is 0 Å². The zero-order valence-corrected chi connectivity index (χ0v) is 15.5. The predicted molar refractivity (Wildman–Crippen MR) is 99.2 cm³/mol. The second-order valence-electron chi connectivity index (χ2n) is 5.36. The highest BCUT2D eigenvalue weighted by Crippen LogP contribution is 2.20. The van der Waals surface area contributed by atoms with E-state index in [-0.39, 0.29) is 39.1 Å². The van der Waals surface area contributed by atoms with E-state index >= 15 is 0 Å². The van der Waals surface area contributed by atoms with Gasteiger partial charge < -0.3 is 0 Å².